The number of pyridine rings is 1. The van der Waals surface area contributed by atoms with Crippen molar-refractivity contribution < 1.29 is 0 Å². The summed E-state index contributed by atoms with van der Waals surface area (Å²) in [5, 5.41) is 7.59. The third-order valence-electron chi connectivity index (χ3n) is 1.86. The van der Waals surface area contributed by atoms with Gasteiger partial charge in [0.1, 0.15) is 0 Å². The fourth-order valence-corrected chi connectivity index (χ4v) is 1.11. The highest BCUT2D eigenvalue weighted by atomic mass is 15.4. The van der Waals surface area contributed by atoms with E-state index in [0.29, 0.717) is 0 Å². The Morgan fingerprint density at radius 2 is 2.31 bits per heavy atom. The van der Waals surface area contributed by atoms with E-state index in [-0.39, 0.29) is 0 Å². The quantitative estimate of drug-likeness (QED) is 0.687. The molecule has 0 aliphatic heterocycles. The van der Waals surface area contributed by atoms with Gasteiger partial charge in [0.25, 0.3) is 0 Å². The van der Waals surface area contributed by atoms with Crippen molar-refractivity contribution >= 4 is 0 Å². The molecule has 0 aliphatic carbocycles. The lowest BCUT2D eigenvalue weighted by atomic mass is 10.3. The van der Waals surface area contributed by atoms with Crippen molar-refractivity contribution in [3.63, 3.8) is 0 Å². The SMILES string of the molecule is CCc1ccc(-n2ccnn2)cn1. The largest absolute Gasteiger partial charge is 0.259 e. The molecule has 0 aromatic carbocycles. The minimum atomic E-state index is 0.940. The molecule has 0 amide bonds. The maximum Gasteiger partial charge on any atom is 0.0846 e. The molecule has 0 saturated carbocycles. The van der Waals surface area contributed by atoms with Crippen LogP contribution in [0.3, 0.4) is 0 Å². The van der Waals surface area contributed by atoms with Gasteiger partial charge in [0.15, 0.2) is 0 Å². The number of aromatic nitrogens is 4. The highest BCUT2D eigenvalue weighted by Gasteiger charge is 1.96. The fraction of sp³-hybridized carbons (Fsp3) is 0.222. The number of nitrogens with zero attached hydrogens (tertiary/aromatic N) is 4. The van der Waals surface area contributed by atoms with Crippen LogP contribution in [0.2, 0.25) is 0 Å². The van der Waals surface area contributed by atoms with Crippen molar-refractivity contribution in [2.75, 3.05) is 0 Å². The van der Waals surface area contributed by atoms with Gasteiger partial charge in [-0.1, -0.05) is 12.1 Å². The molecule has 0 bridgehead atoms. The number of aryl methyl sites for hydroxylation is 1. The Hall–Kier alpha value is -1.71. The van der Waals surface area contributed by atoms with Crippen LogP contribution >= 0.6 is 0 Å². The highest BCUT2D eigenvalue weighted by molar-refractivity contribution is 5.27. The molecule has 4 heteroatoms. The first-order valence-electron chi connectivity index (χ1n) is 4.22. The second-order valence-corrected chi connectivity index (χ2v) is 2.71. The molecule has 66 valence electrons. The molecule has 0 N–H and O–H groups in total. The summed E-state index contributed by atoms with van der Waals surface area (Å²) >= 11 is 0. The summed E-state index contributed by atoms with van der Waals surface area (Å²) < 4.78 is 1.69. The van der Waals surface area contributed by atoms with Gasteiger partial charge in [-0.15, -0.1) is 5.10 Å². The van der Waals surface area contributed by atoms with Crippen molar-refractivity contribution in [3.05, 3.63) is 36.4 Å². The second kappa shape index (κ2) is 3.35. The lowest BCUT2D eigenvalue weighted by molar-refractivity contribution is 0.797. The van der Waals surface area contributed by atoms with Gasteiger partial charge in [-0.3, -0.25) is 4.98 Å². The Morgan fingerprint density at radius 3 is 2.85 bits per heavy atom. The van der Waals surface area contributed by atoms with Crippen LogP contribution in [0, 0.1) is 0 Å². The Balaban J connectivity index is 2.33. The molecule has 0 spiro atoms. The average molecular weight is 174 g/mol. The molecular weight excluding hydrogens is 164 g/mol. The summed E-state index contributed by atoms with van der Waals surface area (Å²) in [4.78, 5) is 4.26. The summed E-state index contributed by atoms with van der Waals surface area (Å²) in [6.07, 6.45) is 6.20. The summed E-state index contributed by atoms with van der Waals surface area (Å²) in [6.45, 7) is 2.08. The minimum Gasteiger partial charge on any atom is -0.259 e. The van der Waals surface area contributed by atoms with Gasteiger partial charge in [-0.05, 0) is 18.6 Å². The molecule has 2 heterocycles. The van der Waals surface area contributed by atoms with Gasteiger partial charge in [0.05, 0.1) is 24.3 Å². The first kappa shape index (κ1) is 7.91. The van der Waals surface area contributed by atoms with E-state index in [1.54, 1.807) is 23.3 Å². The Morgan fingerprint density at radius 1 is 1.38 bits per heavy atom. The Kier molecular flexibility index (Phi) is 2.04. The van der Waals surface area contributed by atoms with Crippen LogP contribution in [0.15, 0.2) is 30.7 Å². The maximum absolute atomic E-state index is 4.26. The van der Waals surface area contributed by atoms with Crippen molar-refractivity contribution in [2.45, 2.75) is 13.3 Å². The molecule has 0 atom stereocenters. The first-order chi connectivity index (χ1) is 6.40. The van der Waals surface area contributed by atoms with E-state index in [1.807, 2.05) is 12.1 Å². The van der Waals surface area contributed by atoms with Crippen LogP contribution in [0.1, 0.15) is 12.6 Å². The van der Waals surface area contributed by atoms with E-state index in [1.165, 1.54) is 0 Å². The van der Waals surface area contributed by atoms with Crippen LogP contribution in [0.5, 0.6) is 0 Å². The molecule has 0 unspecified atom stereocenters. The molecular formula is C9H10N4. The zero-order valence-electron chi connectivity index (χ0n) is 7.38. The summed E-state index contributed by atoms with van der Waals surface area (Å²) in [5.41, 5.74) is 2.03. The molecule has 0 radical (unpaired) electrons. The van der Waals surface area contributed by atoms with E-state index in [0.717, 1.165) is 17.8 Å². The predicted molar refractivity (Wildman–Crippen MR) is 48.5 cm³/mol. The highest BCUT2D eigenvalue weighted by Crippen LogP contribution is 2.04. The van der Waals surface area contributed by atoms with Gasteiger partial charge >= 0.3 is 0 Å². The second-order valence-electron chi connectivity index (χ2n) is 2.71. The van der Waals surface area contributed by atoms with E-state index < -0.39 is 0 Å². The minimum absolute atomic E-state index is 0.940. The zero-order chi connectivity index (χ0) is 9.10. The molecule has 2 aromatic rings. The molecule has 4 nitrogen and oxygen atoms in total. The van der Waals surface area contributed by atoms with Crippen molar-refractivity contribution in [3.8, 4) is 5.69 Å². The molecule has 0 aliphatic rings. The average Bonchev–Trinajstić information content (AvgIpc) is 2.71. The third-order valence-corrected chi connectivity index (χ3v) is 1.86. The van der Waals surface area contributed by atoms with E-state index >= 15 is 0 Å². The van der Waals surface area contributed by atoms with Crippen molar-refractivity contribution in [1.82, 2.24) is 20.0 Å². The fourth-order valence-electron chi connectivity index (χ4n) is 1.11. The molecule has 0 fully saturated rings. The first-order valence-corrected chi connectivity index (χ1v) is 4.22. The molecule has 2 aromatic heterocycles. The van der Waals surface area contributed by atoms with Crippen LogP contribution in [-0.4, -0.2) is 20.0 Å². The van der Waals surface area contributed by atoms with Crippen LogP contribution < -0.4 is 0 Å². The van der Waals surface area contributed by atoms with Gasteiger partial charge in [-0.2, -0.15) is 0 Å². The molecule has 13 heavy (non-hydrogen) atoms. The van der Waals surface area contributed by atoms with E-state index in [4.69, 9.17) is 0 Å². The van der Waals surface area contributed by atoms with Crippen LogP contribution in [0.25, 0.3) is 5.69 Å². The number of hydrogen-bond donors (Lipinski definition) is 0. The van der Waals surface area contributed by atoms with Crippen molar-refractivity contribution in [1.29, 1.82) is 0 Å². The predicted octanol–water partition coefficient (Wildman–Crippen LogP) is 1.22. The smallest absolute Gasteiger partial charge is 0.0846 e. The standard InChI is InChI=1S/C9H10N4/c1-2-8-3-4-9(7-10-8)13-6-5-11-12-13/h3-7H,2H2,1H3. The summed E-state index contributed by atoms with van der Waals surface area (Å²) in [6, 6.07) is 3.98. The van der Waals surface area contributed by atoms with Gasteiger partial charge in [0, 0.05) is 5.69 Å². The molecule has 0 saturated heterocycles. The van der Waals surface area contributed by atoms with Crippen LogP contribution in [0.4, 0.5) is 0 Å². The zero-order valence-corrected chi connectivity index (χ0v) is 7.38. The van der Waals surface area contributed by atoms with Gasteiger partial charge < -0.3 is 0 Å². The maximum atomic E-state index is 4.26. The lowest BCUT2D eigenvalue weighted by Gasteiger charge is -1.99. The van der Waals surface area contributed by atoms with Gasteiger partial charge in [0.2, 0.25) is 0 Å². The third kappa shape index (κ3) is 1.56. The lowest BCUT2D eigenvalue weighted by Crippen LogP contribution is -1.96. The monoisotopic (exact) mass is 174 g/mol. The summed E-state index contributed by atoms with van der Waals surface area (Å²) in [5.74, 6) is 0. The molecule has 2 rings (SSSR count). The number of rotatable bonds is 2. The van der Waals surface area contributed by atoms with E-state index in [2.05, 4.69) is 22.2 Å². The Labute approximate surface area is 76.2 Å². The van der Waals surface area contributed by atoms with Crippen molar-refractivity contribution in [2.24, 2.45) is 0 Å². The van der Waals surface area contributed by atoms with Gasteiger partial charge in [-0.25, -0.2) is 4.68 Å². The van der Waals surface area contributed by atoms with E-state index in [9.17, 15) is 0 Å². The Bertz CT molecular complexity index is 363. The van der Waals surface area contributed by atoms with Crippen LogP contribution in [-0.2, 0) is 6.42 Å². The summed E-state index contributed by atoms with van der Waals surface area (Å²) in [7, 11) is 0. The number of hydrogen-bond acceptors (Lipinski definition) is 3. The topological polar surface area (TPSA) is 43.6 Å². The normalized spacial score (nSPS) is 10.2.